The highest BCUT2D eigenvalue weighted by molar-refractivity contribution is 7.14. The molecule has 2 N–H and O–H groups in total. The summed E-state index contributed by atoms with van der Waals surface area (Å²) in [6.45, 7) is 2.21. The Morgan fingerprint density at radius 3 is 2.56 bits per heavy atom. The molecule has 10 nitrogen and oxygen atoms in total. The molecular formula is C28H30F2N6O4S. The van der Waals surface area contributed by atoms with E-state index in [0.717, 1.165) is 36.3 Å². The number of aromatic hydroxyl groups is 1. The molecule has 0 radical (unpaired) electrons. The van der Waals surface area contributed by atoms with Crippen molar-refractivity contribution >= 4 is 23.2 Å². The van der Waals surface area contributed by atoms with Crippen LogP contribution in [0, 0.1) is 17.6 Å². The van der Waals surface area contributed by atoms with Crippen molar-refractivity contribution in [3.05, 3.63) is 62.5 Å². The van der Waals surface area contributed by atoms with Crippen LogP contribution in [0.1, 0.15) is 66.5 Å². The molecule has 2 aromatic heterocycles. The van der Waals surface area contributed by atoms with Crippen LogP contribution in [-0.4, -0.2) is 62.0 Å². The van der Waals surface area contributed by atoms with Gasteiger partial charge in [-0.15, -0.1) is 10.2 Å². The molecule has 6 rings (SSSR count). The first kappa shape index (κ1) is 27.3. The molecule has 2 aliphatic carbocycles. The summed E-state index contributed by atoms with van der Waals surface area (Å²) in [5.41, 5.74) is -1.37. The van der Waals surface area contributed by atoms with Gasteiger partial charge in [-0.25, -0.2) is 8.78 Å². The Morgan fingerprint density at radius 1 is 1.17 bits per heavy atom. The lowest BCUT2D eigenvalue weighted by molar-refractivity contribution is -0.127. The molecule has 1 spiro atoms. The maximum atomic E-state index is 14.2. The molecule has 3 aliphatic rings. The average Bonchev–Trinajstić information content (AvgIpc) is 3.65. The average molecular weight is 585 g/mol. The van der Waals surface area contributed by atoms with E-state index < -0.39 is 34.4 Å². The molecule has 0 bridgehead atoms. The summed E-state index contributed by atoms with van der Waals surface area (Å²) in [4.78, 5) is 41.4. The lowest BCUT2D eigenvalue weighted by Crippen LogP contribution is -2.70. The minimum Gasteiger partial charge on any atom is -0.502 e. The van der Waals surface area contributed by atoms with Crippen molar-refractivity contribution in [1.29, 1.82) is 0 Å². The number of nitrogens with one attached hydrogen (secondary N) is 1. The van der Waals surface area contributed by atoms with Crippen LogP contribution >= 0.6 is 11.3 Å². The van der Waals surface area contributed by atoms with E-state index in [1.54, 1.807) is 11.9 Å². The van der Waals surface area contributed by atoms with E-state index >= 15 is 0 Å². The maximum Gasteiger partial charge on any atom is 0.278 e. The topological polar surface area (TPSA) is 121 Å². The van der Waals surface area contributed by atoms with Crippen LogP contribution in [0.3, 0.4) is 0 Å². The van der Waals surface area contributed by atoms with E-state index in [1.807, 2.05) is 11.9 Å². The Hall–Kier alpha value is -3.87. The van der Waals surface area contributed by atoms with Crippen LogP contribution in [0.25, 0.3) is 10.6 Å². The maximum absolute atomic E-state index is 14.2. The van der Waals surface area contributed by atoms with Gasteiger partial charge < -0.3 is 15.3 Å². The van der Waals surface area contributed by atoms with Gasteiger partial charge in [-0.3, -0.25) is 24.1 Å². The minimum atomic E-state index is -0.763. The van der Waals surface area contributed by atoms with Gasteiger partial charge in [-0.05, 0) is 57.1 Å². The zero-order chi connectivity index (χ0) is 29.1. The summed E-state index contributed by atoms with van der Waals surface area (Å²) in [5.74, 6) is -2.61. The summed E-state index contributed by atoms with van der Waals surface area (Å²) >= 11 is 1.05. The highest BCUT2D eigenvalue weighted by atomic mass is 32.1. The fraction of sp³-hybridized carbons (Fsp3) is 0.464. The molecule has 1 aliphatic heterocycles. The number of amides is 2. The van der Waals surface area contributed by atoms with E-state index in [4.69, 9.17) is 0 Å². The van der Waals surface area contributed by atoms with Crippen molar-refractivity contribution < 1.29 is 23.5 Å². The number of nitrogens with zero attached hydrogens (tertiary/aromatic N) is 5. The zero-order valence-corrected chi connectivity index (χ0v) is 23.5. The second-order valence-corrected chi connectivity index (χ2v) is 12.0. The Morgan fingerprint density at radius 2 is 1.90 bits per heavy atom. The molecule has 2 saturated carbocycles. The third-order valence-corrected chi connectivity index (χ3v) is 9.45. The number of hydrogen-bond donors (Lipinski definition) is 2. The number of carbonyl (C=O) groups is 2. The van der Waals surface area contributed by atoms with E-state index in [2.05, 4.69) is 15.5 Å². The first-order valence-corrected chi connectivity index (χ1v) is 14.6. The molecule has 1 aromatic carbocycles. The number of benzene rings is 1. The molecule has 41 heavy (non-hydrogen) atoms. The predicted molar refractivity (Wildman–Crippen MR) is 147 cm³/mol. The van der Waals surface area contributed by atoms with Crippen LogP contribution < -0.4 is 15.8 Å². The Balaban J connectivity index is 1.32. The van der Waals surface area contributed by atoms with Crippen molar-refractivity contribution in [2.24, 2.45) is 5.92 Å². The van der Waals surface area contributed by atoms with Gasteiger partial charge in [0.1, 0.15) is 22.3 Å². The molecular weight excluding hydrogens is 554 g/mol. The van der Waals surface area contributed by atoms with E-state index in [0.29, 0.717) is 37.2 Å². The van der Waals surface area contributed by atoms with Crippen molar-refractivity contribution in [2.75, 3.05) is 18.6 Å². The Kier molecular flexibility index (Phi) is 6.79. The number of fused-ring (bicyclic) bond motifs is 1. The van der Waals surface area contributed by atoms with Crippen molar-refractivity contribution in [2.45, 2.75) is 63.6 Å². The SMILES string of the molecule is CCN1C(=O)c2c(O)c(=O)c(-c3nnc(Cc4ccc(F)cc4F)s3)cn2N(C)C12CCC(C(=O)NC1CC1)CC2. The lowest BCUT2D eigenvalue weighted by Gasteiger charge is -2.56. The van der Waals surface area contributed by atoms with E-state index in [9.17, 15) is 28.3 Å². The molecule has 0 unspecified atom stereocenters. The second-order valence-electron chi connectivity index (χ2n) is 10.9. The number of pyridine rings is 1. The second kappa shape index (κ2) is 10.2. The van der Waals surface area contributed by atoms with E-state index in [-0.39, 0.29) is 46.1 Å². The number of hydrogen-bond acceptors (Lipinski definition) is 8. The monoisotopic (exact) mass is 584 g/mol. The summed E-state index contributed by atoms with van der Waals surface area (Å²) in [7, 11) is 1.81. The molecule has 3 aromatic rings. The van der Waals surface area contributed by atoms with Crippen LogP contribution in [0.15, 0.2) is 29.2 Å². The first-order valence-electron chi connectivity index (χ1n) is 13.7. The molecule has 0 atom stereocenters. The number of rotatable bonds is 6. The Bertz CT molecular complexity index is 1590. The fourth-order valence-corrected chi connectivity index (χ4v) is 6.92. The van der Waals surface area contributed by atoms with Gasteiger partial charge in [-0.2, -0.15) is 0 Å². The van der Waals surface area contributed by atoms with Gasteiger partial charge in [-0.1, -0.05) is 17.4 Å². The molecule has 216 valence electrons. The quantitative estimate of drug-likeness (QED) is 0.457. The van der Waals surface area contributed by atoms with Crippen molar-refractivity contribution in [3.8, 4) is 16.3 Å². The van der Waals surface area contributed by atoms with Crippen LogP contribution in [0.5, 0.6) is 5.75 Å². The lowest BCUT2D eigenvalue weighted by atomic mass is 9.79. The molecule has 2 fully saturated rings. The van der Waals surface area contributed by atoms with Crippen LogP contribution in [-0.2, 0) is 11.2 Å². The van der Waals surface area contributed by atoms with Crippen LogP contribution in [0.2, 0.25) is 0 Å². The van der Waals surface area contributed by atoms with Gasteiger partial charge in [0.2, 0.25) is 11.3 Å². The predicted octanol–water partition coefficient (Wildman–Crippen LogP) is 3.15. The minimum absolute atomic E-state index is 0.0461. The highest BCUT2D eigenvalue weighted by Gasteiger charge is 2.51. The molecule has 3 heterocycles. The van der Waals surface area contributed by atoms with Gasteiger partial charge >= 0.3 is 0 Å². The molecule has 2 amide bonds. The van der Waals surface area contributed by atoms with Crippen molar-refractivity contribution in [1.82, 2.24) is 25.1 Å². The zero-order valence-electron chi connectivity index (χ0n) is 22.7. The summed E-state index contributed by atoms with van der Waals surface area (Å²) in [5, 5.41) is 24.7. The first-order chi connectivity index (χ1) is 19.6. The number of halogens is 2. The number of carbonyl (C=O) groups excluding carboxylic acids is 2. The fourth-order valence-electron chi connectivity index (χ4n) is 6.05. The summed E-state index contributed by atoms with van der Waals surface area (Å²) < 4.78 is 29.0. The highest BCUT2D eigenvalue weighted by Crippen LogP contribution is 2.42. The standard InChI is InChI=1S/C28H30F2N6O4S/c1-3-35-27(40)22-24(38)23(37)19(26-33-32-21(41-26)12-16-4-5-17(29)13-20(16)30)14-36(22)34(2)28(35)10-8-15(9-11-28)25(39)31-18-6-7-18/h4-5,13-15,18,38H,3,6-12H2,1-2H3,(H,31,39). The third kappa shape index (κ3) is 4.65. The van der Waals surface area contributed by atoms with Gasteiger partial charge in [0, 0.05) is 44.2 Å². The summed E-state index contributed by atoms with van der Waals surface area (Å²) in [6.07, 6.45) is 5.84. The van der Waals surface area contributed by atoms with Gasteiger partial charge in [0.05, 0.1) is 5.56 Å². The largest absolute Gasteiger partial charge is 0.502 e. The summed E-state index contributed by atoms with van der Waals surface area (Å²) in [6, 6.07) is 3.56. The number of aromatic nitrogens is 3. The van der Waals surface area contributed by atoms with E-state index in [1.165, 1.54) is 16.9 Å². The van der Waals surface area contributed by atoms with Gasteiger partial charge in [0.25, 0.3) is 5.91 Å². The molecule has 0 saturated heterocycles. The van der Waals surface area contributed by atoms with Crippen LogP contribution in [0.4, 0.5) is 8.78 Å². The third-order valence-electron chi connectivity index (χ3n) is 8.49. The smallest absolute Gasteiger partial charge is 0.278 e. The molecule has 13 heteroatoms. The Labute approximate surface area is 238 Å². The normalized spacial score (nSPS) is 22.2. The van der Waals surface area contributed by atoms with Gasteiger partial charge in [0.15, 0.2) is 16.5 Å². The van der Waals surface area contributed by atoms with Crippen molar-refractivity contribution in [3.63, 3.8) is 0 Å².